The molecule has 1 aromatic rings. The van der Waals surface area contributed by atoms with Crippen LogP contribution in [0.15, 0.2) is 24.3 Å². The van der Waals surface area contributed by atoms with Crippen LogP contribution in [0.25, 0.3) is 0 Å². The van der Waals surface area contributed by atoms with E-state index in [0.29, 0.717) is 23.7 Å². The molecule has 2 N–H and O–H groups in total. The zero-order chi connectivity index (χ0) is 16.9. The van der Waals surface area contributed by atoms with Crippen molar-refractivity contribution < 1.29 is 19.1 Å². The summed E-state index contributed by atoms with van der Waals surface area (Å²) in [6.07, 6.45) is 1.39. The second-order valence-corrected chi connectivity index (χ2v) is 5.91. The van der Waals surface area contributed by atoms with Crippen LogP contribution in [-0.4, -0.2) is 49.1 Å². The number of nitrogens with two attached hydrogens (primary N) is 1. The van der Waals surface area contributed by atoms with E-state index in [0.717, 1.165) is 6.42 Å². The number of ether oxygens (including phenoxy) is 2. The van der Waals surface area contributed by atoms with Gasteiger partial charge < -0.3 is 20.1 Å². The Balaban J connectivity index is 1.97. The number of para-hydroxylation sites is 1. The largest absolute Gasteiger partial charge is 0.491 e. The highest BCUT2D eigenvalue weighted by Crippen LogP contribution is 2.30. The van der Waals surface area contributed by atoms with E-state index < -0.39 is 11.4 Å². The van der Waals surface area contributed by atoms with Crippen molar-refractivity contribution in [3.63, 3.8) is 0 Å². The summed E-state index contributed by atoms with van der Waals surface area (Å²) in [5.74, 6) is -0.177. The number of amides is 2. The topological polar surface area (TPSA) is 81.9 Å². The highest BCUT2D eigenvalue weighted by atomic mass is 35.5. The average molecular weight is 341 g/mol. The van der Waals surface area contributed by atoms with Crippen LogP contribution in [-0.2, 0) is 14.3 Å². The van der Waals surface area contributed by atoms with E-state index in [1.54, 1.807) is 24.3 Å². The summed E-state index contributed by atoms with van der Waals surface area (Å²) in [6.45, 7) is 0.789. The molecule has 2 rings (SSSR count). The number of benzene rings is 1. The number of halogens is 1. The first-order valence-electron chi connectivity index (χ1n) is 7.48. The minimum absolute atomic E-state index is 0.111. The van der Waals surface area contributed by atoms with Crippen molar-refractivity contribution in [1.82, 2.24) is 4.90 Å². The van der Waals surface area contributed by atoms with Gasteiger partial charge in [-0.25, -0.2) is 0 Å². The van der Waals surface area contributed by atoms with Crippen molar-refractivity contribution >= 4 is 23.4 Å². The smallest absolute Gasteiger partial charge is 0.245 e. The monoisotopic (exact) mass is 340 g/mol. The molecule has 0 aromatic heterocycles. The minimum atomic E-state index is -1.05. The molecule has 7 heteroatoms. The fourth-order valence-electron chi connectivity index (χ4n) is 2.90. The Morgan fingerprint density at radius 2 is 2.13 bits per heavy atom. The zero-order valence-electron chi connectivity index (χ0n) is 13.1. The lowest BCUT2D eigenvalue weighted by atomic mass is 9.96. The molecule has 0 saturated carbocycles. The molecular formula is C16H21ClN2O4. The normalized spacial score (nSPS) is 20.5. The van der Waals surface area contributed by atoms with Crippen LogP contribution in [0.3, 0.4) is 0 Å². The molecule has 6 nitrogen and oxygen atoms in total. The molecule has 23 heavy (non-hydrogen) atoms. The summed E-state index contributed by atoms with van der Waals surface area (Å²) in [5.41, 5.74) is 4.48. The Kier molecular flexibility index (Phi) is 5.85. The number of hydrogen-bond donors (Lipinski definition) is 1. The summed E-state index contributed by atoms with van der Waals surface area (Å²) in [4.78, 5) is 25.9. The number of carbonyl (C=O) groups is 2. The standard InChI is InChI=1S/C16H21ClN2O4/c1-22-11-16(15(18)21)8-4-9-19(16)14(20)7-10-23-13-6-3-2-5-12(13)17/h2-3,5-6H,4,7-11H2,1H3,(H2,18,21). The number of rotatable bonds is 7. The molecule has 1 fully saturated rings. The van der Waals surface area contributed by atoms with Crippen LogP contribution in [0.1, 0.15) is 19.3 Å². The molecule has 1 unspecified atom stereocenters. The zero-order valence-corrected chi connectivity index (χ0v) is 13.8. The lowest BCUT2D eigenvalue weighted by Gasteiger charge is -2.35. The molecule has 126 valence electrons. The maximum Gasteiger partial charge on any atom is 0.245 e. The number of carbonyl (C=O) groups excluding carboxylic acids is 2. The second-order valence-electron chi connectivity index (χ2n) is 5.51. The SMILES string of the molecule is COCC1(C(N)=O)CCCN1C(=O)CCOc1ccccc1Cl. The predicted octanol–water partition coefficient (Wildman–Crippen LogP) is 1.60. The van der Waals surface area contributed by atoms with Crippen molar-refractivity contribution in [1.29, 1.82) is 0 Å². The predicted molar refractivity (Wildman–Crippen MR) is 86.3 cm³/mol. The Morgan fingerprint density at radius 1 is 1.39 bits per heavy atom. The van der Waals surface area contributed by atoms with Crippen LogP contribution in [0.4, 0.5) is 0 Å². The van der Waals surface area contributed by atoms with Gasteiger partial charge in [0, 0.05) is 13.7 Å². The van der Waals surface area contributed by atoms with Crippen molar-refractivity contribution in [3.05, 3.63) is 29.3 Å². The van der Waals surface area contributed by atoms with Crippen LogP contribution < -0.4 is 10.5 Å². The first-order valence-corrected chi connectivity index (χ1v) is 7.86. The van der Waals surface area contributed by atoms with Gasteiger partial charge in [0.25, 0.3) is 0 Å². The van der Waals surface area contributed by atoms with Crippen molar-refractivity contribution in [2.75, 3.05) is 26.9 Å². The molecule has 2 amide bonds. The third-order valence-corrected chi connectivity index (χ3v) is 4.35. The van der Waals surface area contributed by atoms with Crippen LogP contribution in [0.5, 0.6) is 5.75 Å². The summed E-state index contributed by atoms with van der Waals surface area (Å²) in [6, 6.07) is 7.06. The van der Waals surface area contributed by atoms with Crippen molar-refractivity contribution in [2.24, 2.45) is 5.73 Å². The van der Waals surface area contributed by atoms with E-state index in [1.807, 2.05) is 0 Å². The van der Waals surface area contributed by atoms with E-state index in [4.69, 9.17) is 26.8 Å². The van der Waals surface area contributed by atoms with Gasteiger partial charge in [0.2, 0.25) is 11.8 Å². The minimum Gasteiger partial charge on any atom is -0.491 e. The summed E-state index contributed by atoms with van der Waals surface area (Å²) < 4.78 is 10.6. The summed E-state index contributed by atoms with van der Waals surface area (Å²) >= 11 is 6.00. The van der Waals surface area contributed by atoms with E-state index in [-0.39, 0.29) is 25.5 Å². The Morgan fingerprint density at radius 3 is 2.78 bits per heavy atom. The first kappa shape index (κ1) is 17.6. The van der Waals surface area contributed by atoms with Gasteiger partial charge in [-0.1, -0.05) is 23.7 Å². The Hall–Kier alpha value is -1.79. The Bertz CT molecular complexity index is 581. The van der Waals surface area contributed by atoms with Gasteiger partial charge in [-0.15, -0.1) is 0 Å². The highest BCUT2D eigenvalue weighted by molar-refractivity contribution is 6.32. The molecule has 0 aliphatic carbocycles. The molecule has 1 heterocycles. The van der Waals surface area contributed by atoms with E-state index in [2.05, 4.69) is 0 Å². The average Bonchev–Trinajstić information content (AvgIpc) is 2.94. The molecule has 1 atom stereocenters. The molecule has 0 spiro atoms. The fourth-order valence-corrected chi connectivity index (χ4v) is 3.09. The second kappa shape index (κ2) is 7.66. The highest BCUT2D eigenvalue weighted by Gasteiger charge is 2.48. The molecule has 1 saturated heterocycles. The molecule has 0 radical (unpaired) electrons. The third kappa shape index (κ3) is 3.76. The van der Waals surface area contributed by atoms with Crippen LogP contribution in [0.2, 0.25) is 5.02 Å². The molecule has 1 aliphatic heterocycles. The third-order valence-electron chi connectivity index (χ3n) is 4.04. The van der Waals surface area contributed by atoms with Gasteiger partial charge in [-0.05, 0) is 25.0 Å². The lowest BCUT2D eigenvalue weighted by Crippen LogP contribution is -2.58. The number of likely N-dealkylation sites (tertiary alicyclic amines) is 1. The molecular weight excluding hydrogens is 320 g/mol. The van der Waals surface area contributed by atoms with Gasteiger partial charge in [0.1, 0.15) is 11.3 Å². The van der Waals surface area contributed by atoms with Crippen molar-refractivity contribution in [3.8, 4) is 5.75 Å². The first-order chi connectivity index (χ1) is 11.0. The van der Waals surface area contributed by atoms with E-state index in [1.165, 1.54) is 12.0 Å². The summed E-state index contributed by atoms with van der Waals surface area (Å²) in [5, 5.41) is 0.493. The van der Waals surface area contributed by atoms with Crippen molar-refractivity contribution in [2.45, 2.75) is 24.8 Å². The fraction of sp³-hybridized carbons (Fsp3) is 0.500. The number of methoxy groups -OCH3 is 1. The number of primary amides is 1. The molecule has 1 aromatic carbocycles. The number of hydrogen-bond acceptors (Lipinski definition) is 4. The van der Waals surface area contributed by atoms with Gasteiger partial charge in [-0.3, -0.25) is 9.59 Å². The van der Waals surface area contributed by atoms with Crippen LogP contribution in [0, 0.1) is 0 Å². The Labute approximate surface area is 140 Å². The van der Waals surface area contributed by atoms with Gasteiger partial charge >= 0.3 is 0 Å². The molecule has 1 aliphatic rings. The quantitative estimate of drug-likeness (QED) is 0.817. The summed E-state index contributed by atoms with van der Waals surface area (Å²) in [7, 11) is 1.49. The molecule has 0 bridgehead atoms. The van der Waals surface area contributed by atoms with Gasteiger partial charge in [-0.2, -0.15) is 0 Å². The van der Waals surface area contributed by atoms with E-state index in [9.17, 15) is 9.59 Å². The maximum atomic E-state index is 12.5. The van der Waals surface area contributed by atoms with Gasteiger partial charge in [0.05, 0.1) is 24.7 Å². The van der Waals surface area contributed by atoms with E-state index >= 15 is 0 Å². The van der Waals surface area contributed by atoms with Crippen LogP contribution >= 0.6 is 11.6 Å². The maximum absolute atomic E-state index is 12.5. The number of nitrogens with zero attached hydrogens (tertiary/aromatic N) is 1. The van der Waals surface area contributed by atoms with Gasteiger partial charge in [0.15, 0.2) is 0 Å². The lowest BCUT2D eigenvalue weighted by molar-refractivity contribution is -0.147.